The summed E-state index contributed by atoms with van der Waals surface area (Å²) in [7, 11) is 0. The Morgan fingerprint density at radius 1 is 0.949 bits per heavy atom. The van der Waals surface area contributed by atoms with Crippen LogP contribution in [0.25, 0.3) is 55.0 Å². The maximum Gasteiger partial charge on any atom is 0.227 e. The number of nitrogens with zero attached hydrogens (tertiary/aromatic N) is 4. The summed E-state index contributed by atoms with van der Waals surface area (Å²) in [5, 5.41) is 11.8. The van der Waals surface area contributed by atoms with E-state index in [9.17, 15) is 4.79 Å². The SMILES string of the molecule is Cc1ccc(-c2cncc3[nH]c(-c4n[nH]c5ccc(-c6cncc(NC(=O)C7CCCCC7)c6)cc45)nc23)s1. The van der Waals surface area contributed by atoms with Crippen LogP contribution in [0.3, 0.4) is 0 Å². The van der Waals surface area contributed by atoms with Gasteiger partial charge in [-0.25, -0.2) is 4.98 Å². The number of benzene rings is 1. The second-order valence-electron chi connectivity index (χ2n) is 10.2. The van der Waals surface area contributed by atoms with E-state index in [1.165, 1.54) is 11.3 Å². The molecule has 1 saturated carbocycles. The Morgan fingerprint density at radius 2 is 1.82 bits per heavy atom. The van der Waals surface area contributed by atoms with E-state index in [0.29, 0.717) is 5.82 Å². The molecule has 1 aliphatic rings. The molecule has 0 saturated heterocycles. The van der Waals surface area contributed by atoms with Gasteiger partial charge in [0.25, 0.3) is 0 Å². The van der Waals surface area contributed by atoms with Crippen LogP contribution in [0.15, 0.2) is 61.2 Å². The van der Waals surface area contributed by atoms with Crippen LogP contribution in [0.4, 0.5) is 5.69 Å². The van der Waals surface area contributed by atoms with E-state index in [1.54, 1.807) is 23.7 Å². The number of thiophene rings is 1. The van der Waals surface area contributed by atoms with Crippen molar-refractivity contribution in [3.05, 3.63) is 66.1 Å². The number of aromatic nitrogens is 6. The zero-order chi connectivity index (χ0) is 26.3. The molecule has 3 N–H and O–H groups in total. The summed E-state index contributed by atoms with van der Waals surface area (Å²) in [6.45, 7) is 2.10. The first-order chi connectivity index (χ1) is 19.1. The Balaban J connectivity index is 1.22. The van der Waals surface area contributed by atoms with Crippen molar-refractivity contribution in [1.29, 1.82) is 0 Å². The third-order valence-electron chi connectivity index (χ3n) is 7.50. The smallest absolute Gasteiger partial charge is 0.227 e. The van der Waals surface area contributed by atoms with Gasteiger partial charge >= 0.3 is 0 Å². The average molecular weight is 534 g/mol. The molecule has 7 rings (SSSR count). The molecule has 1 fully saturated rings. The normalized spacial score (nSPS) is 14.3. The molecule has 1 amide bonds. The lowest BCUT2D eigenvalue weighted by molar-refractivity contribution is -0.120. The summed E-state index contributed by atoms with van der Waals surface area (Å²) in [6.07, 6.45) is 12.6. The van der Waals surface area contributed by atoms with Crippen LogP contribution < -0.4 is 5.32 Å². The first kappa shape index (κ1) is 23.7. The van der Waals surface area contributed by atoms with Gasteiger partial charge in [0.1, 0.15) is 11.2 Å². The van der Waals surface area contributed by atoms with Crippen molar-refractivity contribution in [3.8, 4) is 33.1 Å². The van der Waals surface area contributed by atoms with Crippen molar-refractivity contribution in [1.82, 2.24) is 30.1 Å². The van der Waals surface area contributed by atoms with Crippen LogP contribution in [0, 0.1) is 12.8 Å². The van der Waals surface area contributed by atoms with Gasteiger partial charge < -0.3 is 10.3 Å². The number of fused-ring (bicyclic) bond motifs is 2. The predicted molar refractivity (Wildman–Crippen MR) is 155 cm³/mol. The first-order valence-electron chi connectivity index (χ1n) is 13.3. The van der Waals surface area contributed by atoms with E-state index in [2.05, 4.69) is 55.6 Å². The molecule has 9 heteroatoms. The average Bonchev–Trinajstić information content (AvgIpc) is 3.71. The number of nitrogens with one attached hydrogen (secondary N) is 3. The molecule has 5 aromatic heterocycles. The molecule has 194 valence electrons. The van der Waals surface area contributed by atoms with Crippen molar-refractivity contribution in [3.63, 3.8) is 0 Å². The highest BCUT2D eigenvalue weighted by molar-refractivity contribution is 7.15. The number of carbonyl (C=O) groups excluding carboxylic acids is 1. The summed E-state index contributed by atoms with van der Waals surface area (Å²) in [6, 6.07) is 12.3. The lowest BCUT2D eigenvalue weighted by Crippen LogP contribution is -2.24. The van der Waals surface area contributed by atoms with Crippen molar-refractivity contribution in [2.24, 2.45) is 5.92 Å². The molecule has 8 nitrogen and oxygen atoms in total. The van der Waals surface area contributed by atoms with Crippen LogP contribution in [0.2, 0.25) is 0 Å². The summed E-state index contributed by atoms with van der Waals surface area (Å²) < 4.78 is 0. The van der Waals surface area contributed by atoms with Crippen LogP contribution in [0.5, 0.6) is 0 Å². The number of amides is 1. The molecule has 0 aliphatic heterocycles. The fraction of sp³-hybridized carbons (Fsp3) is 0.233. The maximum atomic E-state index is 12.8. The van der Waals surface area contributed by atoms with Crippen molar-refractivity contribution < 1.29 is 4.79 Å². The minimum absolute atomic E-state index is 0.0932. The van der Waals surface area contributed by atoms with E-state index in [4.69, 9.17) is 4.98 Å². The van der Waals surface area contributed by atoms with E-state index in [1.807, 2.05) is 30.6 Å². The molecule has 1 aliphatic carbocycles. The van der Waals surface area contributed by atoms with Gasteiger partial charge in [-0.15, -0.1) is 11.3 Å². The summed E-state index contributed by atoms with van der Waals surface area (Å²) in [4.78, 5) is 32.4. The lowest BCUT2D eigenvalue weighted by Gasteiger charge is -2.20. The highest BCUT2D eigenvalue weighted by Crippen LogP contribution is 2.35. The van der Waals surface area contributed by atoms with E-state index >= 15 is 0 Å². The van der Waals surface area contributed by atoms with Crippen LogP contribution >= 0.6 is 11.3 Å². The van der Waals surface area contributed by atoms with Gasteiger partial charge in [-0.1, -0.05) is 25.3 Å². The summed E-state index contributed by atoms with van der Waals surface area (Å²) >= 11 is 1.73. The largest absolute Gasteiger partial charge is 0.335 e. The van der Waals surface area contributed by atoms with Gasteiger partial charge in [0.2, 0.25) is 5.91 Å². The van der Waals surface area contributed by atoms with Crippen LogP contribution in [-0.4, -0.2) is 36.0 Å². The van der Waals surface area contributed by atoms with E-state index in [-0.39, 0.29) is 11.8 Å². The summed E-state index contributed by atoms with van der Waals surface area (Å²) in [5.74, 6) is 0.871. The number of anilines is 1. The van der Waals surface area contributed by atoms with Crippen LogP contribution in [-0.2, 0) is 4.79 Å². The summed E-state index contributed by atoms with van der Waals surface area (Å²) in [5.41, 5.74) is 7.03. The number of H-pyrrole nitrogens is 2. The third kappa shape index (κ3) is 4.48. The fourth-order valence-electron chi connectivity index (χ4n) is 5.45. The molecule has 0 bridgehead atoms. The number of carbonyl (C=O) groups is 1. The lowest BCUT2D eigenvalue weighted by atomic mass is 9.88. The number of pyridine rings is 2. The highest BCUT2D eigenvalue weighted by Gasteiger charge is 2.21. The van der Waals surface area contributed by atoms with Crippen LogP contribution in [0.1, 0.15) is 37.0 Å². The molecule has 6 aromatic rings. The van der Waals surface area contributed by atoms with Gasteiger partial charge in [-0.3, -0.25) is 19.9 Å². The molecule has 0 radical (unpaired) electrons. The van der Waals surface area contributed by atoms with Gasteiger partial charge in [0, 0.05) is 44.6 Å². The zero-order valence-corrected chi connectivity index (χ0v) is 22.3. The number of hydrogen-bond acceptors (Lipinski definition) is 6. The third-order valence-corrected chi connectivity index (χ3v) is 8.54. The number of rotatable bonds is 5. The van der Waals surface area contributed by atoms with Gasteiger partial charge in [0.15, 0.2) is 5.82 Å². The molecular weight excluding hydrogens is 506 g/mol. The van der Waals surface area contributed by atoms with Gasteiger partial charge in [0.05, 0.1) is 29.1 Å². The number of aromatic amines is 2. The molecule has 0 spiro atoms. The molecule has 0 unspecified atom stereocenters. The minimum Gasteiger partial charge on any atom is -0.335 e. The molecule has 5 heterocycles. The Labute approximate surface area is 228 Å². The second-order valence-corrected chi connectivity index (χ2v) is 11.5. The van der Waals surface area contributed by atoms with Crippen molar-refractivity contribution in [2.75, 3.05) is 5.32 Å². The monoisotopic (exact) mass is 533 g/mol. The molecular formula is C30H27N7OS. The maximum absolute atomic E-state index is 12.8. The molecule has 39 heavy (non-hydrogen) atoms. The second kappa shape index (κ2) is 9.74. The standard InChI is InChI=1S/C30H27N7OS/c1-17-7-10-26(39-17)23-15-32-16-25-27(23)35-29(34-25)28-22-12-19(8-9-24(22)36-37-28)20-11-21(14-31-13-20)33-30(38)18-5-3-2-4-6-18/h7-16,18H,2-6H2,1H3,(H,33,38)(H,34,35)(H,36,37). The first-order valence-corrected chi connectivity index (χ1v) is 14.1. The molecule has 0 atom stereocenters. The van der Waals surface area contributed by atoms with Gasteiger partial charge in [-0.2, -0.15) is 5.10 Å². The van der Waals surface area contributed by atoms with Crippen molar-refractivity contribution in [2.45, 2.75) is 39.0 Å². The predicted octanol–water partition coefficient (Wildman–Crippen LogP) is 7.12. The number of aryl methyl sites for hydroxylation is 1. The van der Waals surface area contributed by atoms with E-state index in [0.717, 1.165) is 80.6 Å². The quantitative estimate of drug-likeness (QED) is 0.218. The minimum atomic E-state index is 0.0932. The van der Waals surface area contributed by atoms with E-state index < -0.39 is 0 Å². The Hall–Kier alpha value is -4.37. The number of hydrogen-bond donors (Lipinski definition) is 3. The Kier molecular flexibility index (Phi) is 5.93. The zero-order valence-electron chi connectivity index (χ0n) is 21.5. The highest BCUT2D eigenvalue weighted by atomic mass is 32.1. The Morgan fingerprint density at radius 3 is 2.67 bits per heavy atom. The Bertz CT molecular complexity index is 1830. The number of imidazole rings is 1. The van der Waals surface area contributed by atoms with Crippen molar-refractivity contribution >= 4 is 44.9 Å². The fourth-order valence-corrected chi connectivity index (χ4v) is 6.33. The van der Waals surface area contributed by atoms with Gasteiger partial charge in [-0.05, 0) is 55.7 Å². The topological polar surface area (TPSA) is 112 Å². The molecule has 1 aromatic carbocycles.